The Morgan fingerprint density at radius 2 is 1.86 bits per heavy atom. The smallest absolute Gasteiger partial charge is 0.191 e. The number of aromatic nitrogens is 1. The minimum atomic E-state index is 0.438. The van der Waals surface area contributed by atoms with Crippen molar-refractivity contribution in [3.8, 4) is 0 Å². The van der Waals surface area contributed by atoms with E-state index in [-0.39, 0.29) is 0 Å². The van der Waals surface area contributed by atoms with Gasteiger partial charge in [0, 0.05) is 31.7 Å². The molecule has 2 N–H and O–H groups in total. The maximum absolute atomic E-state index is 5.23. The Labute approximate surface area is 136 Å². The summed E-state index contributed by atoms with van der Waals surface area (Å²) in [5, 5.41) is 7.76. The monoisotopic (exact) mass is 313 g/mol. The zero-order valence-corrected chi connectivity index (χ0v) is 13.7. The van der Waals surface area contributed by atoms with Gasteiger partial charge in [-0.2, -0.15) is 5.10 Å². The van der Waals surface area contributed by atoms with E-state index in [9.17, 15) is 0 Å². The number of pyridine rings is 1. The minimum absolute atomic E-state index is 0.438. The highest BCUT2D eigenvalue weighted by molar-refractivity contribution is 7.80. The Morgan fingerprint density at radius 1 is 1.14 bits per heavy atom. The highest BCUT2D eigenvalue weighted by Crippen LogP contribution is 2.15. The van der Waals surface area contributed by atoms with Crippen molar-refractivity contribution >= 4 is 34.4 Å². The Hall–Kier alpha value is -2.47. The van der Waals surface area contributed by atoms with E-state index in [1.807, 2.05) is 68.4 Å². The van der Waals surface area contributed by atoms with Crippen molar-refractivity contribution in [3.05, 3.63) is 54.4 Å². The van der Waals surface area contributed by atoms with Crippen LogP contribution >= 0.6 is 12.2 Å². The number of benzene rings is 1. The molecule has 0 amide bonds. The van der Waals surface area contributed by atoms with Crippen LogP contribution in [0.15, 0.2) is 53.8 Å². The Morgan fingerprint density at radius 3 is 2.45 bits per heavy atom. The van der Waals surface area contributed by atoms with Crippen LogP contribution in [-0.4, -0.2) is 29.9 Å². The molecule has 2 aromatic rings. The molecule has 0 radical (unpaired) electrons. The second-order valence-corrected chi connectivity index (χ2v) is 5.33. The van der Waals surface area contributed by atoms with E-state index in [1.54, 1.807) is 6.20 Å². The Balaban J connectivity index is 1.93. The van der Waals surface area contributed by atoms with E-state index in [2.05, 4.69) is 20.8 Å². The van der Waals surface area contributed by atoms with E-state index >= 15 is 0 Å². The van der Waals surface area contributed by atoms with Gasteiger partial charge < -0.3 is 10.2 Å². The molecule has 0 spiro atoms. The molecule has 6 heteroatoms. The fourth-order valence-corrected chi connectivity index (χ4v) is 1.93. The van der Waals surface area contributed by atoms with Crippen LogP contribution in [0.2, 0.25) is 0 Å². The molecule has 2 rings (SSSR count). The van der Waals surface area contributed by atoms with Gasteiger partial charge in [0.1, 0.15) is 0 Å². The van der Waals surface area contributed by atoms with Crippen LogP contribution in [0.3, 0.4) is 0 Å². The first kappa shape index (κ1) is 15.9. The molecule has 1 aromatic carbocycles. The predicted molar refractivity (Wildman–Crippen MR) is 96.6 cm³/mol. The number of anilines is 2. The van der Waals surface area contributed by atoms with Gasteiger partial charge in [-0.05, 0) is 55.5 Å². The first-order valence-electron chi connectivity index (χ1n) is 6.86. The number of hydrazone groups is 1. The maximum Gasteiger partial charge on any atom is 0.191 e. The molecule has 0 unspecified atom stereocenters. The summed E-state index contributed by atoms with van der Waals surface area (Å²) in [6.45, 7) is 1.88. The summed E-state index contributed by atoms with van der Waals surface area (Å²) in [5.74, 6) is 0. The number of nitrogens with one attached hydrogen (secondary N) is 2. The number of hydrogen-bond acceptors (Lipinski definition) is 4. The van der Waals surface area contributed by atoms with Crippen molar-refractivity contribution < 1.29 is 0 Å². The molecule has 0 saturated heterocycles. The highest BCUT2D eigenvalue weighted by Gasteiger charge is 2.00. The van der Waals surface area contributed by atoms with Crippen molar-refractivity contribution in [1.82, 2.24) is 10.4 Å². The van der Waals surface area contributed by atoms with E-state index in [0.29, 0.717) is 5.11 Å². The van der Waals surface area contributed by atoms with Crippen LogP contribution in [0.25, 0.3) is 0 Å². The van der Waals surface area contributed by atoms with Crippen molar-refractivity contribution in [2.75, 3.05) is 24.3 Å². The van der Waals surface area contributed by atoms with E-state index in [0.717, 1.165) is 22.8 Å². The van der Waals surface area contributed by atoms with E-state index in [4.69, 9.17) is 12.2 Å². The van der Waals surface area contributed by atoms with Gasteiger partial charge in [0.25, 0.3) is 0 Å². The molecule has 0 bridgehead atoms. The molecule has 0 atom stereocenters. The summed E-state index contributed by atoms with van der Waals surface area (Å²) in [4.78, 5) is 6.27. The van der Waals surface area contributed by atoms with Gasteiger partial charge in [-0.15, -0.1) is 0 Å². The van der Waals surface area contributed by atoms with Gasteiger partial charge in [0.15, 0.2) is 5.11 Å². The first-order chi connectivity index (χ1) is 10.6. The molecule has 1 aromatic heterocycles. The number of thiocarbonyl (C=S) groups is 1. The van der Waals surface area contributed by atoms with Crippen molar-refractivity contribution in [3.63, 3.8) is 0 Å². The van der Waals surface area contributed by atoms with Crippen LogP contribution in [0.4, 0.5) is 11.4 Å². The minimum Gasteiger partial charge on any atom is -0.378 e. The summed E-state index contributed by atoms with van der Waals surface area (Å²) < 4.78 is 0. The fourth-order valence-electron chi connectivity index (χ4n) is 1.77. The van der Waals surface area contributed by atoms with Gasteiger partial charge >= 0.3 is 0 Å². The fraction of sp³-hybridized carbons (Fsp3) is 0.188. The predicted octanol–water partition coefficient (Wildman–Crippen LogP) is 2.86. The highest BCUT2D eigenvalue weighted by atomic mass is 32.1. The summed E-state index contributed by atoms with van der Waals surface area (Å²) in [6, 6.07) is 13.7. The number of rotatable bonds is 4. The third kappa shape index (κ3) is 4.53. The van der Waals surface area contributed by atoms with Crippen LogP contribution in [0, 0.1) is 0 Å². The maximum atomic E-state index is 5.23. The van der Waals surface area contributed by atoms with Crippen molar-refractivity contribution in [2.45, 2.75) is 6.92 Å². The molecule has 0 aliphatic carbocycles. The summed E-state index contributed by atoms with van der Waals surface area (Å²) in [5.41, 5.74) is 6.45. The molecular formula is C16H19N5S. The summed E-state index contributed by atoms with van der Waals surface area (Å²) >= 11 is 5.23. The second kappa shape index (κ2) is 7.51. The molecule has 0 aliphatic heterocycles. The molecule has 1 heterocycles. The lowest BCUT2D eigenvalue weighted by molar-refractivity contribution is 1.03. The topological polar surface area (TPSA) is 52.6 Å². The third-order valence-electron chi connectivity index (χ3n) is 3.00. The van der Waals surface area contributed by atoms with Crippen molar-refractivity contribution in [1.29, 1.82) is 0 Å². The van der Waals surface area contributed by atoms with Gasteiger partial charge in [-0.3, -0.25) is 10.4 Å². The van der Waals surface area contributed by atoms with Gasteiger partial charge in [-0.25, -0.2) is 0 Å². The summed E-state index contributed by atoms with van der Waals surface area (Å²) in [6.07, 6.45) is 1.73. The lowest BCUT2D eigenvalue weighted by atomic mass is 10.2. The van der Waals surface area contributed by atoms with Crippen LogP contribution in [0.1, 0.15) is 12.6 Å². The lowest BCUT2D eigenvalue weighted by Gasteiger charge is -2.13. The van der Waals surface area contributed by atoms with Crippen LogP contribution in [-0.2, 0) is 0 Å². The number of nitrogens with zero attached hydrogens (tertiary/aromatic N) is 3. The average Bonchev–Trinajstić information content (AvgIpc) is 2.54. The third-order valence-corrected chi connectivity index (χ3v) is 3.20. The van der Waals surface area contributed by atoms with Gasteiger partial charge in [-0.1, -0.05) is 6.07 Å². The average molecular weight is 313 g/mol. The van der Waals surface area contributed by atoms with Gasteiger partial charge in [0.05, 0.1) is 11.4 Å². The quantitative estimate of drug-likeness (QED) is 0.516. The number of hydrogen-bond donors (Lipinski definition) is 2. The zero-order chi connectivity index (χ0) is 15.9. The Kier molecular flexibility index (Phi) is 5.43. The van der Waals surface area contributed by atoms with Gasteiger partial charge in [0.2, 0.25) is 0 Å². The first-order valence-corrected chi connectivity index (χ1v) is 7.27. The standard InChI is InChI=1S/C16H19N5S/c1-12(15-6-4-5-11-17-15)19-20-16(22)18-13-7-9-14(10-8-13)21(2)3/h4-11H,1-3H3,(H2,18,20,22). The largest absolute Gasteiger partial charge is 0.378 e. The molecule has 5 nitrogen and oxygen atoms in total. The molecule has 0 fully saturated rings. The van der Waals surface area contributed by atoms with Crippen LogP contribution < -0.4 is 15.6 Å². The van der Waals surface area contributed by atoms with E-state index in [1.165, 1.54) is 0 Å². The van der Waals surface area contributed by atoms with Crippen molar-refractivity contribution in [2.24, 2.45) is 5.10 Å². The second-order valence-electron chi connectivity index (χ2n) is 4.92. The molecule has 22 heavy (non-hydrogen) atoms. The zero-order valence-electron chi connectivity index (χ0n) is 12.9. The molecule has 114 valence electrons. The normalized spacial score (nSPS) is 11.0. The molecular weight excluding hydrogens is 294 g/mol. The summed E-state index contributed by atoms with van der Waals surface area (Å²) in [7, 11) is 4.01. The van der Waals surface area contributed by atoms with Crippen LogP contribution in [0.5, 0.6) is 0 Å². The Bertz CT molecular complexity index is 650. The SMILES string of the molecule is CC(=NNC(=S)Nc1ccc(N(C)C)cc1)c1ccccn1. The molecule has 0 saturated carbocycles. The lowest BCUT2D eigenvalue weighted by Crippen LogP contribution is -2.25. The molecule has 0 aliphatic rings. The van der Waals surface area contributed by atoms with E-state index < -0.39 is 0 Å².